The Balaban J connectivity index is 0.812. The van der Waals surface area contributed by atoms with E-state index in [1.807, 2.05) is 0 Å². The van der Waals surface area contributed by atoms with Crippen LogP contribution >= 0.6 is 0 Å². The molecule has 0 aromatic rings. The Morgan fingerprint density at radius 2 is 1.12 bits per heavy atom. The fraction of sp³-hybridized carbons (Fsp3) is 0.948. The number of esters is 1. The first kappa shape index (κ1) is 64.3. The zero-order valence-corrected chi connectivity index (χ0v) is 48.8. The molecule has 10 aliphatic rings. The number of fused-ring (bicyclic) bond motifs is 7. The molecule has 9 fully saturated rings. The topological polar surface area (TPSA) is 393 Å². The summed E-state index contributed by atoms with van der Waals surface area (Å²) in [5.41, 5.74) is -0.619. The van der Waals surface area contributed by atoms with Gasteiger partial charge in [-0.1, -0.05) is 53.2 Å². The SMILES string of the molecule is C[C@@H]1O[C@@H](O[C@H]2[C@H](O[C@H]3CC[C@]4(C)[C@H]5CC=C6[C@@H](CC[C@@]7(C(=O)O[C@@H]8O[C@H](CO[C@@H]9O[C@H](CO)[C@@H](O[C@@H]%10O[C@@H](C)[C@H](O)[C@@H](O)[C@H]%10O)[C@H](O)[C@H]9O)[C@@H](O)[C@H](O)[C@H]8O)CCC(C)(C)C[C@@H]67)[C@]5(C)CC[C@H]4C3(C)C)OC[C@H](O)[C@@H]2O)[C@H](O)[C@H](O)[C@H]1O. The third kappa shape index (κ3) is 11.2. The van der Waals surface area contributed by atoms with Crippen LogP contribution in [-0.2, 0) is 52.2 Å². The molecule has 83 heavy (non-hydrogen) atoms. The van der Waals surface area contributed by atoms with Crippen molar-refractivity contribution < 1.29 is 124 Å². The molecule has 14 N–H and O–H groups in total. The molecule has 32 atom stereocenters. The van der Waals surface area contributed by atoms with Gasteiger partial charge in [0.1, 0.15) is 104 Å². The quantitative estimate of drug-likeness (QED) is 0.0576. The maximum absolute atomic E-state index is 15.1. The average molecular weight is 1190 g/mol. The van der Waals surface area contributed by atoms with Gasteiger partial charge >= 0.3 is 5.97 Å². The number of aliphatic hydroxyl groups excluding tert-OH is 14. The molecular formula is C58H94O25. The molecule has 10 rings (SSSR count). The van der Waals surface area contributed by atoms with Gasteiger partial charge in [0, 0.05) is 0 Å². The van der Waals surface area contributed by atoms with Crippen molar-refractivity contribution in [1.82, 2.24) is 0 Å². The van der Waals surface area contributed by atoms with Gasteiger partial charge in [-0.15, -0.1) is 0 Å². The van der Waals surface area contributed by atoms with Crippen LogP contribution in [0.2, 0.25) is 0 Å². The van der Waals surface area contributed by atoms with Gasteiger partial charge in [-0.05, 0) is 123 Å². The second kappa shape index (κ2) is 23.9. The fourth-order valence-electron chi connectivity index (χ4n) is 17.2. The van der Waals surface area contributed by atoms with Crippen molar-refractivity contribution in [3.05, 3.63) is 11.6 Å². The molecule has 0 aromatic carbocycles. The Labute approximate surface area is 483 Å². The van der Waals surface area contributed by atoms with Crippen molar-refractivity contribution in [2.45, 2.75) is 273 Å². The second-order valence-electron chi connectivity index (χ2n) is 28.0. The van der Waals surface area contributed by atoms with Gasteiger partial charge in [-0.25, -0.2) is 0 Å². The van der Waals surface area contributed by atoms with E-state index >= 15 is 4.79 Å². The first-order valence-electron chi connectivity index (χ1n) is 30.1. The van der Waals surface area contributed by atoms with E-state index < -0.39 is 177 Å². The zero-order valence-electron chi connectivity index (χ0n) is 48.8. The lowest BCUT2D eigenvalue weighted by atomic mass is 9.37. The van der Waals surface area contributed by atoms with Crippen LogP contribution in [0.3, 0.4) is 0 Å². The average Bonchev–Trinajstić information content (AvgIpc) is 0.879. The van der Waals surface area contributed by atoms with Crippen LogP contribution in [0.5, 0.6) is 0 Å². The van der Waals surface area contributed by atoms with Crippen LogP contribution in [0.4, 0.5) is 0 Å². The van der Waals surface area contributed by atoms with Gasteiger partial charge in [-0.3, -0.25) is 4.79 Å². The first-order chi connectivity index (χ1) is 38.9. The molecular weight excluding hydrogens is 1100 g/mol. The van der Waals surface area contributed by atoms with Crippen molar-refractivity contribution in [2.75, 3.05) is 19.8 Å². The smallest absolute Gasteiger partial charge is 0.315 e. The molecule has 0 unspecified atom stereocenters. The Bertz CT molecular complexity index is 2290. The van der Waals surface area contributed by atoms with Crippen molar-refractivity contribution in [3.8, 4) is 0 Å². The van der Waals surface area contributed by atoms with E-state index in [0.717, 1.165) is 32.1 Å². The van der Waals surface area contributed by atoms with E-state index in [1.165, 1.54) is 19.4 Å². The number of aliphatic hydroxyl groups is 14. The van der Waals surface area contributed by atoms with E-state index in [9.17, 15) is 71.5 Å². The molecule has 0 radical (unpaired) electrons. The highest BCUT2D eigenvalue weighted by atomic mass is 16.8. The largest absolute Gasteiger partial charge is 0.432 e. The maximum Gasteiger partial charge on any atom is 0.315 e. The molecule has 25 heteroatoms. The minimum Gasteiger partial charge on any atom is -0.432 e. The predicted octanol–water partition coefficient (Wildman–Crippen LogP) is -1.91. The Morgan fingerprint density at radius 1 is 0.542 bits per heavy atom. The number of ether oxygens (including phenoxy) is 10. The van der Waals surface area contributed by atoms with Crippen LogP contribution in [0.25, 0.3) is 0 Å². The number of carbonyl (C=O) groups excluding carboxylic acids is 1. The molecule has 5 aliphatic carbocycles. The minimum atomic E-state index is -1.88. The Morgan fingerprint density at radius 3 is 1.76 bits per heavy atom. The molecule has 0 spiro atoms. The molecule has 476 valence electrons. The van der Waals surface area contributed by atoms with E-state index in [2.05, 4.69) is 47.6 Å². The van der Waals surface area contributed by atoms with Crippen LogP contribution in [0.1, 0.15) is 120 Å². The number of allylic oxidation sites excluding steroid dienone is 2. The normalized spacial score (nSPS) is 54.2. The first-order valence-corrected chi connectivity index (χ1v) is 30.1. The van der Waals surface area contributed by atoms with Crippen molar-refractivity contribution >= 4 is 5.97 Å². The summed E-state index contributed by atoms with van der Waals surface area (Å²) in [7, 11) is 0. The zero-order chi connectivity index (χ0) is 60.4. The molecule has 0 aromatic heterocycles. The van der Waals surface area contributed by atoms with E-state index in [4.69, 9.17) is 47.4 Å². The molecule has 0 bridgehead atoms. The second-order valence-corrected chi connectivity index (χ2v) is 28.0. The lowest BCUT2D eigenvalue weighted by molar-refractivity contribution is -0.364. The molecule has 5 aliphatic heterocycles. The van der Waals surface area contributed by atoms with Gasteiger partial charge in [0.2, 0.25) is 6.29 Å². The highest BCUT2D eigenvalue weighted by Crippen LogP contribution is 2.72. The summed E-state index contributed by atoms with van der Waals surface area (Å²) in [5, 5.41) is 151. The van der Waals surface area contributed by atoms with E-state index in [0.29, 0.717) is 32.1 Å². The molecule has 0 amide bonds. The van der Waals surface area contributed by atoms with Crippen LogP contribution in [0, 0.1) is 50.7 Å². The number of carbonyl (C=O) groups is 1. The lowest BCUT2D eigenvalue weighted by Gasteiger charge is -2.68. The summed E-state index contributed by atoms with van der Waals surface area (Å²) in [5.74, 6) is -0.217. The standard InChI is InChI=1S/C58H94O25/c1-23-34(61)38(65)42(69)49(76-23)81-46-29(20-59)78-48(45(72)41(46)68)75-22-30-37(64)40(67)44(71)51(79-30)83-53(73)58-16-11-26-25(27(58)19-54(3,4)17-18-58)9-10-32-56(26,7)14-12-31-55(5,6)33(13-15-57(31,32)8)80-52-47(36(63)28(60)21-74-52)82-50-43(70)39(66)35(62)24(2)77-50/h9,23-24,26-52,59-72H,10-22H2,1-8H3/t23-,24-,26+,27-,28-,29+,30+,31-,32-,33-,34-,35-,36-,37+,38+,39+,40-,41+,42+,43+,44+,45+,46+,47+,48+,49-,50-,51-,52-,56-,57-,58+/m0/s1. The molecule has 5 saturated heterocycles. The molecule has 4 saturated carbocycles. The molecule has 25 nitrogen and oxygen atoms in total. The predicted molar refractivity (Wildman–Crippen MR) is 282 cm³/mol. The summed E-state index contributed by atoms with van der Waals surface area (Å²) in [6, 6.07) is 0. The van der Waals surface area contributed by atoms with Crippen molar-refractivity contribution in [2.24, 2.45) is 50.7 Å². The van der Waals surface area contributed by atoms with Crippen LogP contribution in [0.15, 0.2) is 11.6 Å². The summed E-state index contributed by atoms with van der Waals surface area (Å²) in [6.45, 7) is 14.9. The summed E-state index contributed by atoms with van der Waals surface area (Å²) < 4.78 is 59.5. The summed E-state index contributed by atoms with van der Waals surface area (Å²) in [6.07, 6.45) is -27.7. The number of hydrogen-bond acceptors (Lipinski definition) is 25. The van der Waals surface area contributed by atoms with Crippen molar-refractivity contribution in [3.63, 3.8) is 0 Å². The highest BCUT2D eigenvalue weighted by molar-refractivity contribution is 5.79. The van der Waals surface area contributed by atoms with E-state index in [1.54, 1.807) is 0 Å². The Kier molecular flexibility index (Phi) is 18.5. The van der Waals surface area contributed by atoms with Crippen LogP contribution in [-0.4, -0.2) is 251 Å². The van der Waals surface area contributed by atoms with E-state index in [-0.39, 0.29) is 52.6 Å². The van der Waals surface area contributed by atoms with Gasteiger partial charge < -0.3 is 119 Å². The fourth-order valence-corrected chi connectivity index (χ4v) is 17.2. The van der Waals surface area contributed by atoms with Gasteiger partial charge in [0.15, 0.2) is 25.2 Å². The summed E-state index contributed by atoms with van der Waals surface area (Å²) in [4.78, 5) is 15.1. The van der Waals surface area contributed by atoms with Crippen molar-refractivity contribution in [1.29, 1.82) is 0 Å². The van der Waals surface area contributed by atoms with Gasteiger partial charge in [0.05, 0.1) is 43.5 Å². The Hall–Kier alpha value is -1.71. The van der Waals surface area contributed by atoms with Gasteiger partial charge in [0.25, 0.3) is 0 Å². The third-order valence-corrected chi connectivity index (χ3v) is 22.2. The minimum absolute atomic E-state index is 0.133. The van der Waals surface area contributed by atoms with Crippen LogP contribution < -0.4 is 0 Å². The lowest BCUT2D eigenvalue weighted by Crippen LogP contribution is -2.65. The number of rotatable bonds is 12. The molecule has 5 heterocycles. The van der Waals surface area contributed by atoms with Gasteiger partial charge in [-0.2, -0.15) is 0 Å². The summed E-state index contributed by atoms with van der Waals surface area (Å²) >= 11 is 0. The highest BCUT2D eigenvalue weighted by Gasteiger charge is 2.67. The monoisotopic (exact) mass is 1190 g/mol. The third-order valence-electron chi connectivity index (χ3n) is 22.2. The number of hydrogen-bond donors (Lipinski definition) is 14. The maximum atomic E-state index is 15.1.